The first kappa shape index (κ1) is 25.7. The second kappa shape index (κ2) is 11.1. The summed E-state index contributed by atoms with van der Waals surface area (Å²) in [4.78, 5) is 19.6. The van der Waals surface area contributed by atoms with Gasteiger partial charge in [-0.05, 0) is 69.3 Å². The Morgan fingerprint density at radius 1 is 1.17 bits per heavy atom. The van der Waals surface area contributed by atoms with Crippen molar-refractivity contribution in [3.05, 3.63) is 53.4 Å². The van der Waals surface area contributed by atoms with E-state index in [1.807, 2.05) is 56.5 Å². The molecule has 3 aromatic rings. The van der Waals surface area contributed by atoms with Crippen molar-refractivity contribution in [3.8, 4) is 17.0 Å². The fourth-order valence-electron chi connectivity index (χ4n) is 4.13. The lowest BCUT2D eigenvalue weighted by atomic mass is 9.97. The van der Waals surface area contributed by atoms with E-state index in [0.717, 1.165) is 26.8 Å². The van der Waals surface area contributed by atoms with Gasteiger partial charge >= 0.3 is 0 Å². The van der Waals surface area contributed by atoms with Crippen molar-refractivity contribution in [3.63, 3.8) is 0 Å². The molecular weight excluding hydrogens is 502 g/mol. The molecule has 7 nitrogen and oxygen atoms in total. The lowest BCUT2D eigenvalue weighted by molar-refractivity contribution is -0.120. The summed E-state index contributed by atoms with van der Waals surface area (Å²) in [6.45, 7) is 5.17. The number of sulfonamides is 1. The minimum atomic E-state index is -3.59. The number of benzene rings is 2. The summed E-state index contributed by atoms with van der Waals surface area (Å²) in [5, 5.41) is 3.51. The fraction of sp³-hybridized carbons (Fsp3) is 0.360. The van der Waals surface area contributed by atoms with Crippen LogP contribution >= 0.6 is 23.1 Å². The molecule has 2 heterocycles. The van der Waals surface area contributed by atoms with Crippen LogP contribution in [0.4, 0.5) is 5.13 Å². The number of carbonyl (C=O) groups excluding carboxylic acids is 1. The molecule has 1 amide bonds. The Morgan fingerprint density at radius 3 is 2.51 bits per heavy atom. The van der Waals surface area contributed by atoms with E-state index in [-0.39, 0.29) is 11.8 Å². The number of piperidine rings is 1. The first-order valence-electron chi connectivity index (χ1n) is 11.5. The SMILES string of the molecule is CCOc1ccc(-c2nc(NC(=O)C3CCN(S(=O)(=O)c4ccccc4SC)CC3)sc2C)cc1. The molecule has 0 aliphatic carbocycles. The molecule has 1 aromatic heterocycles. The number of aryl methyl sites for hydroxylation is 1. The molecule has 186 valence electrons. The molecule has 0 unspecified atom stereocenters. The minimum absolute atomic E-state index is 0.112. The Hall–Kier alpha value is -2.40. The minimum Gasteiger partial charge on any atom is -0.494 e. The summed E-state index contributed by atoms with van der Waals surface area (Å²) >= 11 is 2.85. The Kier molecular flexibility index (Phi) is 8.16. The highest BCUT2D eigenvalue weighted by Crippen LogP contribution is 2.33. The highest BCUT2D eigenvalue weighted by molar-refractivity contribution is 7.99. The molecule has 0 atom stereocenters. The molecule has 10 heteroatoms. The monoisotopic (exact) mass is 531 g/mol. The van der Waals surface area contributed by atoms with E-state index in [0.29, 0.717) is 42.6 Å². The number of thiazole rings is 1. The zero-order valence-electron chi connectivity index (χ0n) is 20.0. The summed E-state index contributed by atoms with van der Waals surface area (Å²) in [5.74, 6) is 0.442. The summed E-state index contributed by atoms with van der Waals surface area (Å²) < 4.78 is 33.3. The molecule has 1 aliphatic rings. The van der Waals surface area contributed by atoms with Crippen molar-refractivity contribution in [1.82, 2.24) is 9.29 Å². The van der Waals surface area contributed by atoms with Crippen LogP contribution in [-0.4, -0.2) is 49.6 Å². The summed E-state index contributed by atoms with van der Waals surface area (Å²) in [6.07, 6.45) is 2.82. The maximum Gasteiger partial charge on any atom is 0.244 e. The Bertz CT molecular complexity index is 1280. The van der Waals surface area contributed by atoms with E-state index in [9.17, 15) is 13.2 Å². The number of anilines is 1. The molecule has 1 N–H and O–H groups in total. The second-order valence-electron chi connectivity index (χ2n) is 8.20. The van der Waals surface area contributed by atoms with Gasteiger partial charge in [0.15, 0.2) is 5.13 Å². The number of rotatable bonds is 8. The van der Waals surface area contributed by atoms with Crippen molar-refractivity contribution in [2.24, 2.45) is 5.92 Å². The fourth-order valence-corrected chi connectivity index (χ4v) is 7.56. The van der Waals surface area contributed by atoms with Crippen LogP contribution in [0.15, 0.2) is 58.3 Å². The molecule has 35 heavy (non-hydrogen) atoms. The maximum absolute atomic E-state index is 13.2. The standard InChI is InChI=1S/C25H29N3O4S3/c1-4-32-20-11-9-18(10-12-20)23-17(2)34-25(26-23)27-24(29)19-13-15-28(16-14-19)35(30,31)22-8-6-5-7-21(22)33-3/h5-12,19H,4,13-16H2,1-3H3,(H,26,27,29). The van der Waals surface area contributed by atoms with Gasteiger partial charge in [-0.25, -0.2) is 13.4 Å². The van der Waals surface area contributed by atoms with Gasteiger partial charge in [-0.3, -0.25) is 4.79 Å². The molecule has 4 rings (SSSR count). The molecule has 1 aliphatic heterocycles. The van der Waals surface area contributed by atoms with E-state index < -0.39 is 10.0 Å². The second-order valence-corrected chi connectivity index (χ2v) is 12.2. The van der Waals surface area contributed by atoms with Gasteiger partial charge in [0.2, 0.25) is 15.9 Å². The van der Waals surface area contributed by atoms with Gasteiger partial charge in [-0.15, -0.1) is 23.1 Å². The molecule has 1 fully saturated rings. The number of thioether (sulfide) groups is 1. The van der Waals surface area contributed by atoms with Crippen LogP contribution in [0.2, 0.25) is 0 Å². The van der Waals surface area contributed by atoms with Gasteiger partial charge in [0.1, 0.15) is 5.75 Å². The van der Waals surface area contributed by atoms with Crippen molar-refractivity contribution in [2.75, 3.05) is 31.3 Å². The quantitative estimate of drug-likeness (QED) is 0.398. The highest BCUT2D eigenvalue weighted by atomic mass is 32.2. The zero-order valence-corrected chi connectivity index (χ0v) is 22.4. The topological polar surface area (TPSA) is 88.6 Å². The van der Waals surface area contributed by atoms with Gasteiger partial charge < -0.3 is 10.1 Å². The largest absolute Gasteiger partial charge is 0.494 e. The zero-order chi connectivity index (χ0) is 25.0. The predicted octanol–water partition coefficient (Wildman–Crippen LogP) is 5.28. The van der Waals surface area contributed by atoms with E-state index >= 15 is 0 Å². The first-order valence-corrected chi connectivity index (χ1v) is 15.0. The summed E-state index contributed by atoms with van der Waals surface area (Å²) in [5.41, 5.74) is 1.80. The molecule has 1 saturated heterocycles. The molecule has 0 spiro atoms. The lowest BCUT2D eigenvalue weighted by Crippen LogP contribution is -2.41. The number of hydrogen-bond acceptors (Lipinski definition) is 7. The number of hydrogen-bond donors (Lipinski definition) is 1. The Balaban J connectivity index is 1.38. The van der Waals surface area contributed by atoms with Crippen molar-refractivity contribution < 1.29 is 17.9 Å². The third-order valence-electron chi connectivity index (χ3n) is 5.98. The van der Waals surface area contributed by atoms with Crippen LogP contribution < -0.4 is 10.1 Å². The average molecular weight is 532 g/mol. The normalized spacial score (nSPS) is 15.2. The predicted molar refractivity (Wildman–Crippen MR) is 142 cm³/mol. The van der Waals surface area contributed by atoms with E-state index in [2.05, 4.69) is 10.3 Å². The number of carbonyl (C=O) groups is 1. The van der Waals surface area contributed by atoms with Crippen LogP contribution in [0.25, 0.3) is 11.3 Å². The molecule has 0 radical (unpaired) electrons. The molecular formula is C25H29N3O4S3. The van der Waals surface area contributed by atoms with Gasteiger partial charge in [0.05, 0.1) is 17.2 Å². The number of amides is 1. The van der Waals surface area contributed by atoms with Gasteiger partial charge in [0, 0.05) is 34.3 Å². The van der Waals surface area contributed by atoms with E-state index in [1.54, 1.807) is 12.1 Å². The molecule has 2 aromatic carbocycles. The Labute approximate surface area is 215 Å². The van der Waals surface area contributed by atoms with Crippen LogP contribution in [-0.2, 0) is 14.8 Å². The number of nitrogens with one attached hydrogen (secondary N) is 1. The van der Waals surface area contributed by atoms with Crippen molar-refractivity contribution in [2.45, 2.75) is 36.5 Å². The van der Waals surface area contributed by atoms with Gasteiger partial charge in [-0.2, -0.15) is 4.31 Å². The lowest BCUT2D eigenvalue weighted by Gasteiger charge is -2.30. The van der Waals surface area contributed by atoms with Crippen LogP contribution in [0.1, 0.15) is 24.6 Å². The van der Waals surface area contributed by atoms with E-state index in [4.69, 9.17) is 4.74 Å². The first-order chi connectivity index (χ1) is 16.8. The number of nitrogens with zero attached hydrogens (tertiary/aromatic N) is 2. The number of aromatic nitrogens is 1. The van der Waals surface area contributed by atoms with Crippen molar-refractivity contribution >= 4 is 44.2 Å². The van der Waals surface area contributed by atoms with Gasteiger partial charge in [0.25, 0.3) is 0 Å². The van der Waals surface area contributed by atoms with E-state index in [1.165, 1.54) is 27.4 Å². The smallest absolute Gasteiger partial charge is 0.244 e. The highest BCUT2D eigenvalue weighted by Gasteiger charge is 2.33. The van der Waals surface area contributed by atoms with Crippen molar-refractivity contribution in [1.29, 1.82) is 0 Å². The van der Waals surface area contributed by atoms with Crippen LogP contribution in [0, 0.1) is 12.8 Å². The third-order valence-corrected chi connectivity index (χ3v) is 9.75. The summed E-state index contributed by atoms with van der Waals surface area (Å²) in [6, 6.07) is 14.8. The summed E-state index contributed by atoms with van der Waals surface area (Å²) in [7, 11) is -3.59. The Morgan fingerprint density at radius 2 is 1.86 bits per heavy atom. The molecule has 0 saturated carbocycles. The molecule has 0 bridgehead atoms. The van der Waals surface area contributed by atoms with Gasteiger partial charge in [-0.1, -0.05) is 12.1 Å². The number of ether oxygens (including phenoxy) is 1. The average Bonchev–Trinajstić information content (AvgIpc) is 3.24. The van der Waals surface area contributed by atoms with Crippen LogP contribution in [0.3, 0.4) is 0 Å². The third kappa shape index (κ3) is 5.72. The maximum atomic E-state index is 13.2. The van der Waals surface area contributed by atoms with Crippen LogP contribution in [0.5, 0.6) is 5.75 Å².